The quantitative estimate of drug-likeness (QED) is 0.854. The second-order valence-electron chi connectivity index (χ2n) is 6.05. The number of benzene rings is 1. The molecule has 2 aliphatic rings. The van der Waals surface area contributed by atoms with Crippen molar-refractivity contribution >= 4 is 11.5 Å². The smallest absolute Gasteiger partial charge is 0.432 e. The average Bonchev–Trinajstić information content (AvgIpc) is 2.85. The number of nitrogens with one attached hydrogen (secondary N) is 2. The number of piperidine rings is 1. The Balaban J connectivity index is 1.94. The van der Waals surface area contributed by atoms with E-state index >= 15 is 0 Å². The molecular formula is C17H19F3N4O2. The lowest BCUT2D eigenvalue weighted by molar-refractivity contribution is -0.123. The van der Waals surface area contributed by atoms with Gasteiger partial charge in [0, 0.05) is 18.5 Å². The number of carbonyl (C=O) groups excluding carboxylic acids is 1. The lowest BCUT2D eigenvalue weighted by Gasteiger charge is -2.31. The minimum atomic E-state index is -4.56. The van der Waals surface area contributed by atoms with E-state index in [1.54, 1.807) is 29.2 Å². The number of halogens is 3. The minimum Gasteiger partial charge on any atom is -0.497 e. The molecule has 0 saturated carbocycles. The van der Waals surface area contributed by atoms with Gasteiger partial charge in [-0.25, -0.2) is 4.99 Å². The third-order valence-electron chi connectivity index (χ3n) is 4.20. The monoisotopic (exact) mass is 368 g/mol. The number of methoxy groups -OCH3 is 1. The van der Waals surface area contributed by atoms with Crippen molar-refractivity contribution in [2.75, 3.05) is 20.2 Å². The van der Waals surface area contributed by atoms with E-state index in [4.69, 9.17) is 4.74 Å². The predicted octanol–water partition coefficient (Wildman–Crippen LogP) is 1.99. The van der Waals surface area contributed by atoms with Gasteiger partial charge in [-0.3, -0.25) is 9.69 Å². The van der Waals surface area contributed by atoms with Crippen molar-refractivity contribution in [3.63, 3.8) is 0 Å². The standard InChI is InChI=1S/C17H19F3N4O2/c1-26-13-6-4-11(5-7-13)14-9-15(17(18,19)20)22-23-16(21-14)24-8-2-3-12(25)10-24/h4-7,9,16,22-23H,2-3,8,10H2,1H3. The van der Waals surface area contributed by atoms with Crippen molar-refractivity contribution in [1.82, 2.24) is 15.8 Å². The number of rotatable bonds is 3. The van der Waals surface area contributed by atoms with Crippen LogP contribution in [0.4, 0.5) is 13.2 Å². The zero-order chi connectivity index (χ0) is 18.7. The number of carbonyl (C=O) groups is 1. The summed E-state index contributed by atoms with van der Waals surface area (Å²) in [5.74, 6) is 0.643. The third kappa shape index (κ3) is 4.23. The molecule has 6 nitrogen and oxygen atoms in total. The number of alkyl halides is 3. The summed E-state index contributed by atoms with van der Waals surface area (Å²) in [6.07, 6.45) is -3.25. The van der Waals surface area contributed by atoms with Gasteiger partial charge in [0.05, 0.1) is 19.4 Å². The maximum atomic E-state index is 13.2. The Bertz CT molecular complexity index is 729. The molecule has 1 atom stereocenters. The SMILES string of the molecule is COc1ccc(C2=NC(N3CCCC(=O)C3)NNC(C(F)(F)F)=C2)cc1. The molecule has 26 heavy (non-hydrogen) atoms. The number of hydrazine groups is 1. The molecule has 0 aliphatic carbocycles. The number of hydrogen-bond donors (Lipinski definition) is 2. The fourth-order valence-corrected chi connectivity index (χ4v) is 2.83. The highest BCUT2D eigenvalue weighted by Gasteiger charge is 2.36. The Hall–Kier alpha value is -2.39. The van der Waals surface area contributed by atoms with Gasteiger partial charge in [0.25, 0.3) is 0 Å². The van der Waals surface area contributed by atoms with Gasteiger partial charge in [0.1, 0.15) is 17.2 Å². The summed E-state index contributed by atoms with van der Waals surface area (Å²) >= 11 is 0. The van der Waals surface area contributed by atoms with Crippen LogP contribution in [0, 0.1) is 0 Å². The molecule has 9 heteroatoms. The average molecular weight is 368 g/mol. The van der Waals surface area contributed by atoms with E-state index in [-0.39, 0.29) is 18.0 Å². The van der Waals surface area contributed by atoms with E-state index < -0.39 is 18.2 Å². The Morgan fingerprint density at radius 3 is 2.62 bits per heavy atom. The van der Waals surface area contributed by atoms with Crippen molar-refractivity contribution in [2.24, 2.45) is 4.99 Å². The molecule has 2 N–H and O–H groups in total. The van der Waals surface area contributed by atoms with E-state index in [2.05, 4.69) is 15.8 Å². The van der Waals surface area contributed by atoms with Crippen LogP contribution in [0.25, 0.3) is 0 Å². The molecule has 0 spiro atoms. The topological polar surface area (TPSA) is 66.0 Å². The predicted molar refractivity (Wildman–Crippen MR) is 89.5 cm³/mol. The van der Waals surface area contributed by atoms with Crippen LogP contribution in [0.2, 0.25) is 0 Å². The van der Waals surface area contributed by atoms with Crippen LogP contribution in [-0.2, 0) is 4.79 Å². The van der Waals surface area contributed by atoms with Crippen LogP contribution in [0.1, 0.15) is 18.4 Å². The van der Waals surface area contributed by atoms with Gasteiger partial charge < -0.3 is 10.2 Å². The number of nitrogens with zero attached hydrogens (tertiary/aromatic N) is 2. The van der Waals surface area contributed by atoms with Crippen LogP contribution in [0.3, 0.4) is 0 Å². The Morgan fingerprint density at radius 2 is 2.00 bits per heavy atom. The number of Topliss-reactive ketones (excluding diaryl/α,β-unsaturated/α-hetero) is 1. The molecule has 1 aromatic rings. The van der Waals surface area contributed by atoms with Crippen molar-refractivity contribution in [3.05, 3.63) is 41.6 Å². The summed E-state index contributed by atoms with van der Waals surface area (Å²) in [5, 5.41) is 0. The molecule has 0 bridgehead atoms. The van der Waals surface area contributed by atoms with E-state index in [0.717, 1.165) is 6.08 Å². The van der Waals surface area contributed by atoms with Crippen LogP contribution < -0.4 is 15.6 Å². The van der Waals surface area contributed by atoms with Gasteiger partial charge >= 0.3 is 6.18 Å². The van der Waals surface area contributed by atoms with Crippen molar-refractivity contribution in [1.29, 1.82) is 0 Å². The highest BCUT2D eigenvalue weighted by Crippen LogP contribution is 2.25. The first-order chi connectivity index (χ1) is 12.4. The molecule has 0 amide bonds. The first kappa shape index (κ1) is 18.4. The summed E-state index contributed by atoms with van der Waals surface area (Å²) in [6, 6.07) is 6.60. The van der Waals surface area contributed by atoms with Gasteiger partial charge in [-0.2, -0.15) is 18.6 Å². The maximum absolute atomic E-state index is 13.2. The summed E-state index contributed by atoms with van der Waals surface area (Å²) in [6.45, 7) is 0.728. The van der Waals surface area contributed by atoms with E-state index in [0.29, 0.717) is 30.7 Å². The highest BCUT2D eigenvalue weighted by atomic mass is 19.4. The molecule has 2 heterocycles. The number of ether oxygens (including phenoxy) is 1. The van der Waals surface area contributed by atoms with Crippen molar-refractivity contribution in [3.8, 4) is 5.75 Å². The largest absolute Gasteiger partial charge is 0.497 e. The van der Waals surface area contributed by atoms with Crippen LogP contribution >= 0.6 is 0 Å². The molecule has 3 rings (SSSR count). The molecule has 1 aromatic carbocycles. The number of likely N-dealkylation sites (tertiary alicyclic amines) is 1. The lowest BCUT2D eigenvalue weighted by Crippen LogP contribution is -2.53. The van der Waals surface area contributed by atoms with Gasteiger partial charge in [-0.15, -0.1) is 0 Å². The first-order valence-corrected chi connectivity index (χ1v) is 8.15. The zero-order valence-corrected chi connectivity index (χ0v) is 14.1. The lowest BCUT2D eigenvalue weighted by atomic mass is 10.1. The zero-order valence-electron chi connectivity index (χ0n) is 14.1. The second-order valence-corrected chi connectivity index (χ2v) is 6.05. The Kier molecular flexibility index (Phi) is 5.28. The Labute approximate surface area is 148 Å². The maximum Gasteiger partial charge on any atom is 0.432 e. The minimum absolute atomic E-state index is 0.0486. The normalized spacial score (nSPS) is 22.2. The van der Waals surface area contributed by atoms with Crippen molar-refractivity contribution < 1.29 is 22.7 Å². The van der Waals surface area contributed by atoms with Crippen molar-refractivity contribution in [2.45, 2.75) is 25.3 Å². The second kappa shape index (κ2) is 7.46. The summed E-state index contributed by atoms with van der Waals surface area (Å²) in [4.78, 5) is 17.8. The number of aliphatic imine (C=N–C) groups is 1. The summed E-state index contributed by atoms with van der Waals surface area (Å²) in [5.41, 5.74) is 4.51. The highest BCUT2D eigenvalue weighted by molar-refractivity contribution is 6.09. The van der Waals surface area contributed by atoms with Gasteiger partial charge in [-0.05, 0) is 36.8 Å². The molecular weight excluding hydrogens is 349 g/mol. The Morgan fingerprint density at radius 1 is 1.27 bits per heavy atom. The molecule has 1 saturated heterocycles. The van der Waals surface area contributed by atoms with Crippen LogP contribution in [-0.4, -0.2) is 49.1 Å². The number of allylic oxidation sites excluding steroid dienone is 2. The van der Waals surface area contributed by atoms with Crippen LogP contribution in [0.15, 0.2) is 41.0 Å². The van der Waals surface area contributed by atoms with E-state index in [1.807, 2.05) is 0 Å². The third-order valence-corrected chi connectivity index (χ3v) is 4.20. The van der Waals surface area contributed by atoms with Gasteiger partial charge in [0.15, 0.2) is 6.29 Å². The van der Waals surface area contributed by atoms with Crippen LogP contribution in [0.5, 0.6) is 5.75 Å². The molecule has 1 unspecified atom stereocenters. The van der Waals surface area contributed by atoms with Gasteiger partial charge in [-0.1, -0.05) is 0 Å². The molecule has 2 aliphatic heterocycles. The first-order valence-electron chi connectivity index (χ1n) is 8.15. The van der Waals surface area contributed by atoms with E-state index in [1.165, 1.54) is 7.11 Å². The van der Waals surface area contributed by atoms with Gasteiger partial charge in [0.2, 0.25) is 0 Å². The molecule has 0 aromatic heterocycles. The fraction of sp³-hybridized carbons (Fsp3) is 0.412. The molecule has 1 fully saturated rings. The number of ketones is 1. The fourth-order valence-electron chi connectivity index (χ4n) is 2.83. The van der Waals surface area contributed by atoms with E-state index in [9.17, 15) is 18.0 Å². The number of hydrogen-bond acceptors (Lipinski definition) is 6. The molecule has 0 radical (unpaired) electrons. The summed E-state index contributed by atoms with van der Waals surface area (Å²) < 4.78 is 44.8. The molecule has 140 valence electrons. The summed E-state index contributed by atoms with van der Waals surface area (Å²) in [7, 11) is 1.51.